The summed E-state index contributed by atoms with van der Waals surface area (Å²) < 4.78 is 6.16. The molecular weight excluding hydrogens is 562 g/mol. The first kappa shape index (κ1) is 23.6. The highest BCUT2D eigenvalue weighted by molar-refractivity contribution is 9.10. The number of anilines is 1. The standard InChI is InChI=1S/C23H21BrClN11O/c1-2-18(37)33-7-3-4-14(9-33)36-23-19(22(26)27-12-28-23)20(31-36)15-10-34(32-30-15)11-16-21(24)35-8-13(25)5-6-17(35)29-16/h2,5-6,8,10,12,14H,1,3-4,7,9,11H2,(H2,26,27,28)/t14-/m1/s1. The monoisotopic (exact) mass is 581 g/mol. The maximum atomic E-state index is 12.2. The second kappa shape index (κ2) is 9.23. The molecule has 6 heterocycles. The van der Waals surface area contributed by atoms with Gasteiger partial charge in [-0.05, 0) is 47.0 Å². The van der Waals surface area contributed by atoms with Crippen LogP contribution in [0.3, 0.4) is 0 Å². The minimum Gasteiger partial charge on any atom is -0.383 e. The van der Waals surface area contributed by atoms with Crippen LogP contribution in [0.2, 0.25) is 5.02 Å². The number of fused-ring (bicyclic) bond motifs is 2. The van der Waals surface area contributed by atoms with Crippen molar-refractivity contribution in [1.29, 1.82) is 0 Å². The van der Waals surface area contributed by atoms with Crippen LogP contribution < -0.4 is 5.73 Å². The summed E-state index contributed by atoms with van der Waals surface area (Å²) in [6, 6.07) is 3.57. The van der Waals surface area contributed by atoms with Gasteiger partial charge in [-0.2, -0.15) is 5.10 Å². The van der Waals surface area contributed by atoms with Crippen LogP contribution in [-0.2, 0) is 11.3 Å². The molecule has 6 rings (SSSR count). The van der Waals surface area contributed by atoms with Crippen LogP contribution >= 0.6 is 27.5 Å². The van der Waals surface area contributed by atoms with Gasteiger partial charge in [0.05, 0.1) is 34.9 Å². The van der Waals surface area contributed by atoms with Crippen molar-refractivity contribution in [1.82, 2.24) is 49.0 Å². The summed E-state index contributed by atoms with van der Waals surface area (Å²) in [5.41, 5.74) is 9.46. The number of likely N-dealkylation sites (tertiary alicyclic amines) is 1. The predicted molar refractivity (Wildman–Crippen MR) is 141 cm³/mol. The molecule has 1 aliphatic heterocycles. The Bertz CT molecular complexity index is 1670. The van der Waals surface area contributed by atoms with Crippen LogP contribution in [0.5, 0.6) is 0 Å². The van der Waals surface area contributed by atoms with Gasteiger partial charge in [0.15, 0.2) is 5.65 Å². The number of hydrogen-bond donors (Lipinski definition) is 1. The SMILES string of the molecule is C=CC(=O)N1CCC[C@@H](n2nc(-c3cn(Cc4nc5ccc(Cl)cn5c4Br)nn3)c3c(N)ncnc32)C1. The van der Waals surface area contributed by atoms with Crippen molar-refractivity contribution in [3.8, 4) is 11.4 Å². The zero-order chi connectivity index (χ0) is 25.7. The van der Waals surface area contributed by atoms with Gasteiger partial charge in [-0.25, -0.2) is 24.3 Å². The lowest BCUT2D eigenvalue weighted by Crippen LogP contribution is -2.40. The topological polar surface area (TPSA) is 138 Å². The molecule has 5 aromatic rings. The Kier molecular flexibility index (Phi) is 5.88. The highest BCUT2D eigenvalue weighted by Gasteiger charge is 2.28. The summed E-state index contributed by atoms with van der Waals surface area (Å²) in [4.78, 5) is 27.3. The van der Waals surface area contributed by atoms with E-state index in [0.717, 1.165) is 28.8 Å². The van der Waals surface area contributed by atoms with Crippen LogP contribution in [0.4, 0.5) is 5.82 Å². The molecule has 0 aliphatic carbocycles. The smallest absolute Gasteiger partial charge is 0.246 e. The number of nitrogens with zero attached hydrogens (tertiary/aromatic N) is 10. The molecule has 0 radical (unpaired) electrons. The van der Waals surface area contributed by atoms with Crippen LogP contribution in [0.25, 0.3) is 28.1 Å². The van der Waals surface area contributed by atoms with Crippen molar-refractivity contribution >= 4 is 55.9 Å². The van der Waals surface area contributed by atoms with E-state index in [2.05, 4.69) is 47.8 Å². The number of aromatic nitrogens is 9. The molecule has 0 bridgehead atoms. The van der Waals surface area contributed by atoms with Gasteiger partial charge < -0.3 is 10.6 Å². The van der Waals surface area contributed by atoms with E-state index in [0.29, 0.717) is 52.9 Å². The average Bonchev–Trinajstić information content (AvgIpc) is 3.61. The van der Waals surface area contributed by atoms with E-state index < -0.39 is 0 Å². The van der Waals surface area contributed by atoms with Crippen molar-refractivity contribution < 1.29 is 4.79 Å². The minimum atomic E-state index is -0.0983. The molecule has 0 saturated carbocycles. The lowest BCUT2D eigenvalue weighted by Gasteiger charge is -2.32. The summed E-state index contributed by atoms with van der Waals surface area (Å²) in [6.45, 7) is 5.17. The predicted octanol–water partition coefficient (Wildman–Crippen LogP) is 3.13. The number of nitrogens with two attached hydrogens (primary N) is 1. The number of carbonyl (C=O) groups is 1. The Hall–Kier alpha value is -3.84. The van der Waals surface area contributed by atoms with Gasteiger partial charge in [0, 0.05) is 19.3 Å². The Labute approximate surface area is 223 Å². The zero-order valence-corrected chi connectivity index (χ0v) is 21.8. The number of carbonyl (C=O) groups excluding carboxylic acids is 1. The zero-order valence-electron chi connectivity index (χ0n) is 19.5. The lowest BCUT2D eigenvalue weighted by atomic mass is 10.1. The largest absolute Gasteiger partial charge is 0.383 e. The first-order chi connectivity index (χ1) is 17.9. The molecule has 5 aromatic heterocycles. The molecule has 1 aliphatic rings. The van der Waals surface area contributed by atoms with Gasteiger partial charge in [-0.1, -0.05) is 23.4 Å². The molecule has 0 unspecified atom stereocenters. The second-order valence-corrected chi connectivity index (χ2v) is 9.95. The van der Waals surface area contributed by atoms with Crippen molar-refractivity contribution in [2.24, 2.45) is 0 Å². The number of imidazole rings is 1. The number of nitrogen functional groups attached to an aromatic ring is 1. The molecule has 14 heteroatoms. The number of halogens is 2. The number of rotatable bonds is 5. The number of amides is 1. The number of pyridine rings is 1. The second-order valence-electron chi connectivity index (χ2n) is 8.76. The van der Waals surface area contributed by atoms with Gasteiger partial charge in [0.2, 0.25) is 5.91 Å². The first-order valence-electron chi connectivity index (χ1n) is 11.6. The number of hydrogen-bond acceptors (Lipinski definition) is 8. The maximum Gasteiger partial charge on any atom is 0.246 e. The van der Waals surface area contributed by atoms with E-state index in [4.69, 9.17) is 22.4 Å². The Morgan fingerprint density at radius 2 is 2.16 bits per heavy atom. The van der Waals surface area contributed by atoms with Crippen molar-refractivity contribution in [3.63, 3.8) is 0 Å². The van der Waals surface area contributed by atoms with Crippen LogP contribution in [0.15, 0.2) is 48.1 Å². The van der Waals surface area contributed by atoms with Crippen molar-refractivity contribution in [3.05, 3.63) is 58.8 Å². The fourth-order valence-electron chi connectivity index (χ4n) is 4.69. The molecule has 1 atom stereocenters. The number of piperidine rings is 1. The summed E-state index contributed by atoms with van der Waals surface area (Å²) in [7, 11) is 0. The molecule has 12 nitrogen and oxygen atoms in total. The highest BCUT2D eigenvalue weighted by Crippen LogP contribution is 2.33. The minimum absolute atomic E-state index is 0.0704. The fraction of sp³-hybridized carbons (Fsp3) is 0.261. The van der Waals surface area contributed by atoms with Crippen LogP contribution in [0, 0.1) is 0 Å². The van der Waals surface area contributed by atoms with Gasteiger partial charge >= 0.3 is 0 Å². The van der Waals surface area contributed by atoms with E-state index in [-0.39, 0.29) is 11.9 Å². The third-order valence-electron chi connectivity index (χ3n) is 6.43. The van der Waals surface area contributed by atoms with E-state index in [1.54, 1.807) is 28.0 Å². The summed E-state index contributed by atoms with van der Waals surface area (Å²) >= 11 is 9.73. The van der Waals surface area contributed by atoms with Crippen LogP contribution in [0.1, 0.15) is 24.6 Å². The van der Waals surface area contributed by atoms with E-state index in [1.807, 2.05) is 15.1 Å². The normalized spacial score (nSPS) is 16.1. The highest BCUT2D eigenvalue weighted by atomic mass is 79.9. The molecule has 188 valence electrons. The third kappa shape index (κ3) is 4.13. The molecule has 2 N–H and O–H groups in total. The Balaban J connectivity index is 1.36. The van der Waals surface area contributed by atoms with Gasteiger partial charge in [-0.3, -0.25) is 9.20 Å². The fourth-order valence-corrected chi connectivity index (χ4v) is 5.35. The average molecular weight is 583 g/mol. The molecule has 0 aromatic carbocycles. The summed E-state index contributed by atoms with van der Waals surface area (Å²) in [5, 5.41) is 14.7. The summed E-state index contributed by atoms with van der Waals surface area (Å²) in [6.07, 6.45) is 8.02. The van der Waals surface area contributed by atoms with E-state index in [9.17, 15) is 4.79 Å². The molecule has 1 fully saturated rings. The third-order valence-corrected chi connectivity index (χ3v) is 7.49. The molecule has 0 spiro atoms. The van der Waals surface area contributed by atoms with Crippen LogP contribution in [-0.4, -0.2) is 68.0 Å². The quantitative estimate of drug-likeness (QED) is 0.312. The molecular formula is C23H21BrClN11O. The maximum absolute atomic E-state index is 12.2. The van der Waals surface area contributed by atoms with Crippen molar-refractivity contribution in [2.45, 2.75) is 25.4 Å². The van der Waals surface area contributed by atoms with Gasteiger partial charge in [0.1, 0.15) is 33.8 Å². The lowest BCUT2D eigenvalue weighted by molar-refractivity contribution is -0.127. The molecule has 1 saturated heterocycles. The van der Waals surface area contributed by atoms with E-state index in [1.165, 1.54) is 12.4 Å². The van der Waals surface area contributed by atoms with E-state index >= 15 is 0 Å². The Morgan fingerprint density at radius 1 is 1.30 bits per heavy atom. The summed E-state index contributed by atoms with van der Waals surface area (Å²) in [5.74, 6) is 0.203. The molecule has 37 heavy (non-hydrogen) atoms. The molecule has 1 amide bonds. The Morgan fingerprint density at radius 3 is 3.00 bits per heavy atom. The van der Waals surface area contributed by atoms with Gasteiger partial charge in [-0.15, -0.1) is 5.10 Å². The first-order valence-corrected chi connectivity index (χ1v) is 12.7. The van der Waals surface area contributed by atoms with Crippen molar-refractivity contribution in [2.75, 3.05) is 18.8 Å². The van der Waals surface area contributed by atoms with Gasteiger partial charge in [0.25, 0.3) is 0 Å².